The minimum Gasteiger partial charge on any atom is -0.367 e. The van der Waals surface area contributed by atoms with Crippen LogP contribution in [0.1, 0.15) is 41.0 Å². The zero-order valence-corrected chi connectivity index (χ0v) is 23.0. The van der Waals surface area contributed by atoms with Crippen LogP contribution in [0.25, 0.3) is 10.9 Å². The number of amides is 1. The molecular weight excluding hydrogens is 550 g/mol. The molecule has 15 heteroatoms. The number of carbonyl (C=O) groups is 1. The Hall–Kier alpha value is -3.09. The molecule has 3 fully saturated rings. The lowest BCUT2D eigenvalue weighted by molar-refractivity contribution is -0.137. The van der Waals surface area contributed by atoms with Crippen LogP contribution in [-0.4, -0.2) is 76.4 Å². The summed E-state index contributed by atoms with van der Waals surface area (Å²) in [7, 11) is -4.17. The third-order valence-corrected chi connectivity index (χ3v) is 9.69. The summed E-state index contributed by atoms with van der Waals surface area (Å²) in [5.74, 6) is -0.0617. The lowest BCUT2D eigenvalue weighted by Gasteiger charge is -2.43. The Kier molecular flexibility index (Phi) is 6.92. The van der Waals surface area contributed by atoms with E-state index in [1.165, 1.54) is 18.3 Å². The summed E-state index contributed by atoms with van der Waals surface area (Å²) in [5.41, 5.74) is -0.441. The van der Waals surface area contributed by atoms with Gasteiger partial charge in [-0.3, -0.25) is 15.6 Å². The average Bonchev–Trinajstić information content (AvgIpc) is 3.42. The van der Waals surface area contributed by atoms with Gasteiger partial charge in [0.25, 0.3) is 6.43 Å². The number of piperazine rings is 1. The molecule has 210 valence electrons. The van der Waals surface area contributed by atoms with Crippen molar-refractivity contribution in [3.8, 4) is 6.07 Å². The highest BCUT2D eigenvalue weighted by Gasteiger charge is 2.47. The Balaban J connectivity index is 0.00000370. The van der Waals surface area contributed by atoms with Crippen molar-refractivity contribution < 1.29 is 23.4 Å². The van der Waals surface area contributed by atoms with Gasteiger partial charge >= 0.3 is 0 Å². The van der Waals surface area contributed by atoms with Gasteiger partial charge in [0.05, 0.1) is 22.7 Å². The van der Waals surface area contributed by atoms with E-state index in [4.69, 9.17) is 10.8 Å². The maximum atomic E-state index is 13.4. The van der Waals surface area contributed by atoms with Crippen LogP contribution < -0.4 is 9.62 Å². The number of nitriles is 1. The number of thioether (sulfide) groups is 1. The van der Waals surface area contributed by atoms with Crippen LogP contribution in [0.3, 0.4) is 0 Å². The van der Waals surface area contributed by atoms with Crippen molar-refractivity contribution in [2.75, 3.05) is 18.0 Å². The lowest BCUT2D eigenvalue weighted by Crippen LogP contribution is -2.56. The molecule has 0 unspecified atom stereocenters. The Morgan fingerprint density at radius 2 is 1.90 bits per heavy atom. The molecule has 3 aliphatic rings. The second-order valence-electron chi connectivity index (χ2n) is 10.5. The highest BCUT2D eigenvalue weighted by molar-refractivity contribution is 8.26. The standard InChI is InChI=1S/C24H28F2N8O3S2.H2/c1-13(2)22(35)33-14-3-4-15(33)11-32(10-14)18-7-16(39(36,37)31-24(12-27)5-6-24)8-19-17(18)9-30-34(19)23(29)38-21(28)20(25)26;/h7-9,13-15,20,28-29,31H,3-6,10-11H2,1-2H3;1H/t14-,15+;. The fraction of sp³-hybridized carbons (Fsp3) is 0.542. The topological polar surface area (TPSA) is 159 Å². The van der Waals surface area contributed by atoms with E-state index in [9.17, 15) is 27.3 Å². The molecule has 2 bridgehead atoms. The smallest absolute Gasteiger partial charge is 0.286 e. The monoisotopic (exact) mass is 580 g/mol. The molecule has 5 rings (SSSR count). The molecule has 0 radical (unpaired) electrons. The first-order chi connectivity index (χ1) is 18.4. The highest BCUT2D eigenvalue weighted by atomic mass is 32.2. The van der Waals surface area contributed by atoms with Crippen molar-refractivity contribution in [3.63, 3.8) is 0 Å². The van der Waals surface area contributed by atoms with Crippen LogP contribution in [0, 0.1) is 28.1 Å². The molecule has 0 spiro atoms. The van der Waals surface area contributed by atoms with Gasteiger partial charge in [-0.15, -0.1) is 0 Å². The first kappa shape index (κ1) is 27.5. The van der Waals surface area contributed by atoms with Crippen LogP contribution in [0.2, 0.25) is 0 Å². The molecule has 2 saturated heterocycles. The number of rotatable bonds is 6. The van der Waals surface area contributed by atoms with Gasteiger partial charge in [0.15, 0.2) is 5.17 Å². The highest BCUT2D eigenvalue weighted by Crippen LogP contribution is 2.40. The van der Waals surface area contributed by atoms with Crippen molar-refractivity contribution in [1.29, 1.82) is 16.1 Å². The second kappa shape index (κ2) is 9.83. The number of anilines is 1. The molecule has 3 heterocycles. The maximum absolute atomic E-state index is 13.4. The number of sulfonamides is 1. The van der Waals surface area contributed by atoms with Crippen LogP contribution in [0.5, 0.6) is 0 Å². The van der Waals surface area contributed by atoms with Crippen LogP contribution in [-0.2, 0) is 14.8 Å². The summed E-state index contributed by atoms with van der Waals surface area (Å²) >= 11 is 0.227. The number of nitrogens with one attached hydrogen (secondary N) is 3. The number of alkyl halides is 2. The summed E-state index contributed by atoms with van der Waals surface area (Å²) in [4.78, 5) is 16.7. The molecule has 1 aromatic heterocycles. The van der Waals surface area contributed by atoms with Gasteiger partial charge < -0.3 is 9.80 Å². The van der Waals surface area contributed by atoms with Crippen molar-refractivity contribution >= 4 is 54.5 Å². The number of fused-ring (bicyclic) bond motifs is 3. The molecule has 3 N–H and O–H groups in total. The maximum Gasteiger partial charge on any atom is 0.286 e. The SMILES string of the molecule is CC(C)C(=O)N1[C@@H]2CC[C@H]1CN(c1cc(S(=O)(=O)NC3(C#N)CC3)cc3c1cnn3C(=N)SC(=N)C(F)F)C2.[HH]. The van der Waals surface area contributed by atoms with Crippen molar-refractivity contribution in [2.24, 2.45) is 5.92 Å². The van der Waals surface area contributed by atoms with Gasteiger partial charge in [0.2, 0.25) is 15.9 Å². The van der Waals surface area contributed by atoms with Gasteiger partial charge in [-0.25, -0.2) is 21.9 Å². The zero-order valence-electron chi connectivity index (χ0n) is 21.3. The fourth-order valence-electron chi connectivity index (χ4n) is 5.29. The molecule has 2 aliphatic heterocycles. The zero-order chi connectivity index (χ0) is 28.3. The van der Waals surface area contributed by atoms with Crippen LogP contribution >= 0.6 is 11.8 Å². The summed E-state index contributed by atoms with van der Waals surface area (Å²) in [6.45, 7) is 4.66. The second-order valence-corrected chi connectivity index (χ2v) is 13.2. The molecule has 2 atom stereocenters. The third kappa shape index (κ3) is 5.01. The van der Waals surface area contributed by atoms with E-state index >= 15 is 0 Å². The number of benzene rings is 1. The molecule has 2 aromatic rings. The Labute approximate surface area is 230 Å². The van der Waals surface area contributed by atoms with Crippen LogP contribution in [0.15, 0.2) is 23.2 Å². The summed E-state index contributed by atoms with van der Waals surface area (Å²) < 4.78 is 56.2. The number of hydrogen-bond donors (Lipinski definition) is 3. The van der Waals surface area contributed by atoms with E-state index in [2.05, 4.69) is 9.82 Å². The largest absolute Gasteiger partial charge is 0.367 e. The quantitative estimate of drug-likeness (QED) is 0.349. The number of aromatic nitrogens is 2. The normalized spacial score (nSPS) is 22.0. The van der Waals surface area contributed by atoms with Crippen molar-refractivity contribution in [1.82, 2.24) is 19.4 Å². The van der Waals surface area contributed by atoms with Gasteiger partial charge in [-0.05, 0) is 49.6 Å². The fourth-order valence-corrected chi connectivity index (χ4v) is 7.23. The molecule has 39 heavy (non-hydrogen) atoms. The first-order valence-corrected chi connectivity index (χ1v) is 14.8. The lowest BCUT2D eigenvalue weighted by atomic mass is 10.1. The summed E-state index contributed by atoms with van der Waals surface area (Å²) in [5, 5.41) is 28.4. The number of carbonyl (C=O) groups excluding carboxylic acids is 1. The predicted octanol–water partition coefficient (Wildman–Crippen LogP) is 3.21. The van der Waals surface area contributed by atoms with Gasteiger partial charge in [0.1, 0.15) is 10.6 Å². The number of nitrogens with zero attached hydrogens (tertiary/aromatic N) is 5. The van der Waals surface area contributed by atoms with Crippen molar-refractivity contribution in [3.05, 3.63) is 18.3 Å². The first-order valence-electron chi connectivity index (χ1n) is 12.5. The van der Waals surface area contributed by atoms with Gasteiger partial charge in [-0.2, -0.15) is 15.1 Å². The van der Waals surface area contributed by atoms with Gasteiger partial charge in [0, 0.05) is 43.6 Å². The van der Waals surface area contributed by atoms with Crippen molar-refractivity contribution in [2.45, 2.75) is 68.5 Å². The van der Waals surface area contributed by atoms with E-state index in [0.717, 1.165) is 17.5 Å². The average molecular weight is 581 g/mol. The molecule has 11 nitrogen and oxygen atoms in total. The minimum atomic E-state index is -4.17. The Bertz CT molecular complexity index is 1510. The predicted molar refractivity (Wildman–Crippen MR) is 145 cm³/mol. The van der Waals surface area contributed by atoms with E-state index in [1.54, 1.807) is 0 Å². The van der Waals surface area contributed by atoms with Crippen LogP contribution in [0.4, 0.5) is 14.5 Å². The van der Waals surface area contributed by atoms with E-state index < -0.39 is 32.2 Å². The van der Waals surface area contributed by atoms with E-state index in [-0.39, 0.29) is 47.5 Å². The van der Waals surface area contributed by atoms with E-state index in [0.29, 0.717) is 37.0 Å². The summed E-state index contributed by atoms with van der Waals surface area (Å²) in [6, 6.07) is 4.72. The number of halogens is 2. The molecular formula is C24H30F2N8O3S2. The Morgan fingerprint density at radius 3 is 2.44 bits per heavy atom. The molecule has 1 amide bonds. The molecule has 1 saturated carbocycles. The Morgan fingerprint density at radius 1 is 1.26 bits per heavy atom. The third-order valence-electron chi connectivity index (χ3n) is 7.41. The summed E-state index contributed by atoms with van der Waals surface area (Å²) in [6.07, 6.45) is 0.811. The molecule has 1 aromatic carbocycles. The minimum absolute atomic E-state index is 0. The number of hydrogen-bond acceptors (Lipinski definition) is 9. The molecule has 1 aliphatic carbocycles. The van der Waals surface area contributed by atoms with E-state index in [1.807, 2.05) is 29.7 Å². The van der Waals surface area contributed by atoms with Gasteiger partial charge in [-0.1, -0.05) is 13.8 Å².